The van der Waals surface area contributed by atoms with Gasteiger partial charge in [-0.2, -0.15) is 5.10 Å². The standard InChI is InChI=1S/C21H34N6.HI/c1-4-22-21(23-13-9-15-26(5-2)6-3)24-17-19-11-7-8-12-20(19)18-27-16-10-14-25-27;/h7-8,10-12,14,16H,4-6,9,13,15,17-18H2,1-3H3,(H2,22,23,24);1H. The molecule has 0 atom stereocenters. The van der Waals surface area contributed by atoms with E-state index < -0.39 is 0 Å². The Balaban J connectivity index is 0.00000392. The topological polar surface area (TPSA) is 57.5 Å². The number of benzene rings is 1. The number of hydrogen-bond donors (Lipinski definition) is 2. The molecule has 0 spiro atoms. The molecule has 0 radical (unpaired) electrons. The van der Waals surface area contributed by atoms with E-state index in [-0.39, 0.29) is 24.0 Å². The highest BCUT2D eigenvalue weighted by atomic mass is 127. The van der Waals surface area contributed by atoms with Crippen molar-refractivity contribution in [3.8, 4) is 0 Å². The molecule has 0 bridgehead atoms. The molecule has 1 aromatic carbocycles. The molecule has 0 saturated carbocycles. The van der Waals surface area contributed by atoms with Crippen LogP contribution in [0.25, 0.3) is 0 Å². The van der Waals surface area contributed by atoms with E-state index in [1.165, 1.54) is 11.1 Å². The molecule has 6 nitrogen and oxygen atoms in total. The molecule has 0 amide bonds. The Kier molecular flexibility index (Phi) is 12.6. The lowest BCUT2D eigenvalue weighted by atomic mass is 10.1. The van der Waals surface area contributed by atoms with Crippen molar-refractivity contribution >= 4 is 29.9 Å². The highest BCUT2D eigenvalue weighted by Gasteiger charge is 2.04. The Bertz CT molecular complexity index is 667. The van der Waals surface area contributed by atoms with Gasteiger partial charge in [0.05, 0.1) is 13.1 Å². The highest BCUT2D eigenvalue weighted by molar-refractivity contribution is 14.0. The van der Waals surface area contributed by atoms with Crippen molar-refractivity contribution in [3.05, 3.63) is 53.9 Å². The summed E-state index contributed by atoms with van der Waals surface area (Å²) in [7, 11) is 0. The first kappa shape index (κ1) is 24.4. The molecule has 0 aliphatic carbocycles. The van der Waals surface area contributed by atoms with Gasteiger partial charge in [0.2, 0.25) is 0 Å². The quantitative estimate of drug-likeness (QED) is 0.216. The first-order valence-electron chi connectivity index (χ1n) is 10.1. The van der Waals surface area contributed by atoms with E-state index >= 15 is 0 Å². The third-order valence-electron chi connectivity index (χ3n) is 4.60. The molecular formula is C21H35IN6. The first-order valence-corrected chi connectivity index (χ1v) is 10.1. The number of aliphatic imine (C=N–C) groups is 1. The SMILES string of the molecule is CCNC(=NCc1ccccc1Cn1cccn1)NCCCN(CC)CC.I. The van der Waals surface area contributed by atoms with Gasteiger partial charge < -0.3 is 15.5 Å². The summed E-state index contributed by atoms with van der Waals surface area (Å²) < 4.78 is 1.94. The van der Waals surface area contributed by atoms with Crippen LogP contribution in [0, 0.1) is 0 Å². The molecule has 0 unspecified atom stereocenters. The zero-order chi connectivity index (χ0) is 19.3. The van der Waals surface area contributed by atoms with E-state index in [1.807, 2.05) is 23.1 Å². The molecule has 1 heterocycles. The van der Waals surface area contributed by atoms with Gasteiger partial charge in [0.1, 0.15) is 0 Å². The molecule has 2 aromatic rings. The van der Waals surface area contributed by atoms with Crippen LogP contribution in [0.3, 0.4) is 0 Å². The van der Waals surface area contributed by atoms with Crippen LogP contribution < -0.4 is 10.6 Å². The summed E-state index contributed by atoms with van der Waals surface area (Å²) >= 11 is 0. The zero-order valence-corrected chi connectivity index (χ0v) is 19.7. The average molecular weight is 498 g/mol. The summed E-state index contributed by atoms with van der Waals surface area (Å²) in [6, 6.07) is 10.4. The van der Waals surface area contributed by atoms with Crippen LogP contribution >= 0.6 is 24.0 Å². The van der Waals surface area contributed by atoms with E-state index in [2.05, 4.69) is 65.7 Å². The lowest BCUT2D eigenvalue weighted by molar-refractivity contribution is 0.300. The summed E-state index contributed by atoms with van der Waals surface area (Å²) in [6.45, 7) is 13.1. The molecular weight excluding hydrogens is 463 g/mol. The van der Waals surface area contributed by atoms with Gasteiger partial charge in [-0.25, -0.2) is 4.99 Å². The van der Waals surface area contributed by atoms with Crippen molar-refractivity contribution in [1.82, 2.24) is 25.3 Å². The van der Waals surface area contributed by atoms with Crippen LogP contribution in [0.2, 0.25) is 0 Å². The average Bonchev–Trinajstić information content (AvgIpc) is 3.20. The Morgan fingerprint density at radius 1 is 1.07 bits per heavy atom. The fourth-order valence-corrected chi connectivity index (χ4v) is 2.99. The second-order valence-corrected chi connectivity index (χ2v) is 6.47. The van der Waals surface area contributed by atoms with Gasteiger partial charge in [0, 0.05) is 25.5 Å². The van der Waals surface area contributed by atoms with Crippen LogP contribution in [-0.4, -0.2) is 53.4 Å². The number of nitrogens with one attached hydrogen (secondary N) is 2. The van der Waals surface area contributed by atoms with E-state index in [1.54, 1.807) is 0 Å². The van der Waals surface area contributed by atoms with Crippen molar-refractivity contribution in [2.24, 2.45) is 4.99 Å². The van der Waals surface area contributed by atoms with Crippen LogP contribution in [-0.2, 0) is 13.1 Å². The summed E-state index contributed by atoms with van der Waals surface area (Å²) in [5, 5.41) is 11.1. The molecule has 156 valence electrons. The molecule has 0 aliphatic rings. The molecule has 2 N–H and O–H groups in total. The van der Waals surface area contributed by atoms with Crippen LogP contribution in [0.5, 0.6) is 0 Å². The number of aromatic nitrogens is 2. The first-order chi connectivity index (χ1) is 13.3. The fraction of sp³-hybridized carbons (Fsp3) is 0.524. The third-order valence-corrected chi connectivity index (χ3v) is 4.60. The van der Waals surface area contributed by atoms with Gasteiger partial charge in [0.25, 0.3) is 0 Å². The van der Waals surface area contributed by atoms with E-state index in [0.717, 1.165) is 51.6 Å². The van der Waals surface area contributed by atoms with Crippen molar-refractivity contribution < 1.29 is 0 Å². The van der Waals surface area contributed by atoms with Crippen molar-refractivity contribution in [2.75, 3.05) is 32.7 Å². The molecule has 0 aliphatic heterocycles. The molecule has 7 heteroatoms. The second-order valence-electron chi connectivity index (χ2n) is 6.47. The number of rotatable bonds is 11. The van der Waals surface area contributed by atoms with Crippen molar-refractivity contribution in [1.29, 1.82) is 0 Å². The predicted octanol–water partition coefficient (Wildman–Crippen LogP) is 3.34. The van der Waals surface area contributed by atoms with Gasteiger partial charge in [-0.1, -0.05) is 38.1 Å². The number of halogens is 1. The van der Waals surface area contributed by atoms with Gasteiger partial charge >= 0.3 is 0 Å². The van der Waals surface area contributed by atoms with Crippen LogP contribution in [0.4, 0.5) is 0 Å². The minimum absolute atomic E-state index is 0. The van der Waals surface area contributed by atoms with E-state index in [9.17, 15) is 0 Å². The molecule has 28 heavy (non-hydrogen) atoms. The number of hydrogen-bond acceptors (Lipinski definition) is 3. The Hall–Kier alpha value is -1.61. The lowest BCUT2D eigenvalue weighted by Gasteiger charge is -2.18. The summed E-state index contributed by atoms with van der Waals surface area (Å²) in [4.78, 5) is 7.22. The third kappa shape index (κ3) is 8.60. The maximum absolute atomic E-state index is 4.78. The maximum atomic E-state index is 4.78. The minimum atomic E-state index is 0. The minimum Gasteiger partial charge on any atom is -0.357 e. The van der Waals surface area contributed by atoms with E-state index in [4.69, 9.17) is 4.99 Å². The normalized spacial score (nSPS) is 11.4. The lowest BCUT2D eigenvalue weighted by Crippen LogP contribution is -2.38. The largest absolute Gasteiger partial charge is 0.357 e. The van der Waals surface area contributed by atoms with Crippen LogP contribution in [0.15, 0.2) is 47.7 Å². The van der Waals surface area contributed by atoms with Crippen LogP contribution in [0.1, 0.15) is 38.3 Å². The molecule has 1 aromatic heterocycles. The van der Waals surface area contributed by atoms with Gasteiger partial charge in [0.15, 0.2) is 5.96 Å². The van der Waals surface area contributed by atoms with E-state index in [0.29, 0.717) is 6.54 Å². The fourth-order valence-electron chi connectivity index (χ4n) is 2.99. The summed E-state index contributed by atoms with van der Waals surface area (Å²) in [6.07, 6.45) is 4.91. The Labute approximate surface area is 186 Å². The molecule has 2 rings (SSSR count). The smallest absolute Gasteiger partial charge is 0.191 e. The van der Waals surface area contributed by atoms with Gasteiger partial charge in [-0.3, -0.25) is 4.68 Å². The monoisotopic (exact) mass is 498 g/mol. The Morgan fingerprint density at radius 3 is 2.46 bits per heavy atom. The highest BCUT2D eigenvalue weighted by Crippen LogP contribution is 2.11. The Morgan fingerprint density at radius 2 is 1.82 bits per heavy atom. The zero-order valence-electron chi connectivity index (χ0n) is 17.4. The molecule has 0 saturated heterocycles. The number of guanidine groups is 1. The predicted molar refractivity (Wildman–Crippen MR) is 128 cm³/mol. The van der Waals surface area contributed by atoms with Crippen molar-refractivity contribution in [2.45, 2.75) is 40.3 Å². The molecule has 0 fully saturated rings. The summed E-state index contributed by atoms with van der Waals surface area (Å²) in [5.41, 5.74) is 2.48. The second kappa shape index (κ2) is 14.4. The van der Waals surface area contributed by atoms with Crippen molar-refractivity contribution in [3.63, 3.8) is 0 Å². The number of nitrogens with zero attached hydrogens (tertiary/aromatic N) is 4. The van der Waals surface area contributed by atoms with Gasteiger partial charge in [-0.15, -0.1) is 24.0 Å². The van der Waals surface area contributed by atoms with Gasteiger partial charge in [-0.05, 0) is 50.2 Å². The maximum Gasteiger partial charge on any atom is 0.191 e. The summed E-state index contributed by atoms with van der Waals surface area (Å²) in [5.74, 6) is 0.880.